The Kier molecular flexibility index (Phi) is 9.60. The van der Waals surface area contributed by atoms with Gasteiger partial charge in [-0.3, -0.25) is 19.7 Å². The molecule has 0 saturated heterocycles. The Morgan fingerprint density at radius 3 is 2.38 bits per heavy atom. The molecule has 1 N–H and O–H groups in total. The lowest BCUT2D eigenvalue weighted by atomic mass is 10.0. The number of nitrogens with one attached hydrogen (secondary N) is 1. The zero-order valence-electron chi connectivity index (χ0n) is 21.2. The molecule has 9 nitrogen and oxygen atoms in total. The second-order valence-electron chi connectivity index (χ2n) is 8.43. The summed E-state index contributed by atoms with van der Waals surface area (Å²) in [6.07, 6.45) is 0.687. The molecule has 0 aliphatic heterocycles. The van der Waals surface area contributed by atoms with Crippen molar-refractivity contribution in [1.82, 2.24) is 10.2 Å². The van der Waals surface area contributed by atoms with Gasteiger partial charge in [0.25, 0.3) is 11.6 Å². The fraction of sp³-hybridized carbons (Fsp3) is 0.286. The van der Waals surface area contributed by atoms with E-state index in [2.05, 4.69) is 5.32 Å². The van der Waals surface area contributed by atoms with Crippen molar-refractivity contribution in [3.63, 3.8) is 0 Å². The molecule has 1 unspecified atom stereocenters. The molecule has 0 aliphatic rings. The third-order valence-electron chi connectivity index (χ3n) is 6.08. The van der Waals surface area contributed by atoms with Gasteiger partial charge in [-0.05, 0) is 42.7 Å². The zero-order valence-corrected chi connectivity index (χ0v) is 21.2. The normalized spacial score (nSPS) is 11.3. The maximum atomic E-state index is 13.4. The maximum Gasteiger partial charge on any atom is 0.270 e. The summed E-state index contributed by atoms with van der Waals surface area (Å²) in [5.41, 5.74) is 1.92. The Morgan fingerprint density at radius 2 is 1.70 bits per heavy atom. The van der Waals surface area contributed by atoms with E-state index < -0.39 is 4.92 Å². The maximum absolute atomic E-state index is 13.4. The van der Waals surface area contributed by atoms with Gasteiger partial charge in [-0.2, -0.15) is 0 Å². The largest absolute Gasteiger partial charge is 0.493 e. The van der Waals surface area contributed by atoms with Gasteiger partial charge in [0.1, 0.15) is 0 Å². The van der Waals surface area contributed by atoms with Crippen LogP contribution in [0.5, 0.6) is 11.5 Å². The van der Waals surface area contributed by atoms with Crippen LogP contribution in [0.15, 0.2) is 72.8 Å². The van der Waals surface area contributed by atoms with Gasteiger partial charge >= 0.3 is 0 Å². The van der Waals surface area contributed by atoms with Crippen molar-refractivity contribution >= 4 is 17.5 Å². The van der Waals surface area contributed by atoms with Crippen molar-refractivity contribution in [1.29, 1.82) is 0 Å². The van der Waals surface area contributed by atoms with E-state index in [1.807, 2.05) is 55.5 Å². The second kappa shape index (κ2) is 13.1. The van der Waals surface area contributed by atoms with Gasteiger partial charge in [-0.15, -0.1) is 0 Å². The predicted octanol–water partition coefficient (Wildman–Crippen LogP) is 4.56. The summed E-state index contributed by atoms with van der Waals surface area (Å²) in [4.78, 5) is 38.3. The minimum atomic E-state index is -0.534. The first kappa shape index (κ1) is 27.2. The molecule has 0 radical (unpaired) electrons. The predicted molar refractivity (Wildman–Crippen MR) is 140 cm³/mol. The van der Waals surface area contributed by atoms with Crippen LogP contribution in [0.1, 0.15) is 40.9 Å². The first-order valence-corrected chi connectivity index (χ1v) is 11.9. The molecule has 0 fully saturated rings. The van der Waals surface area contributed by atoms with Crippen LogP contribution in [0.25, 0.3) is 0 Å². The molecule has 3 aromatic carbocycles. The van der Waals surface area contributed by atoms with E-state index in [4.69, 9.17) is 9.47 Å². The molecule has 194 valence electrons. The van der Waals surface area contributed by atoms with E-state index in [1.54, 1.807) is 25.2 Å². The SMILES string of the molecule is COc1ccc(CCNC(=O)CCN(C(=O)c2cccc([N+](=O)[O-])c2)C(C)c2ccccc2)cc1OC. The number of nitro groups is 1. The molecule has 37 heavy (non-hydrogen) atoms. The molecule has 9 heteroatoms. The number of non-ortho nitro benzene ring substituents is 1. The molecule has 3 rings (SSSR count). The molecule has 1 atom stereocenters. The van der Waals surface area contributed by atoms with Gasteiger partial charge < -0.3 is 19.7 Å². The number of benzene rings is 3. The number of hydrogen-bond acceptors (Lipinski definition) is 6. The van der Waals surface area contributed by atoms with Gasteiger partial charge in [0, 0.05) is 37.2 Å². The van der Waals surface area contributed by atoms with Crippen LogP contribution >= 0.6 is 0 Å². The third kappa shape index (κ3) is 7.30. The standard InChI is InChI=1S/C28H31N3O6/c1-20(22-8-5-4-6-9-22)30(28(33)23-10-7-11-24(19-23)31(34)35)17-15-27(32)29-16-14-21-12-13-25(36-2)26(18-21)37-3/h4-13,18-20H,14-17H2,1-3H3,(H,29,32). The quantitative estimate of drug-likeness (QED) is 0.285. The number of amides is 2. The Hall–Kier alpha value is -4.40. The Labute approximate surface area is 216 Å². The van der Waals surface area contributed by atoms with Crippen molar-refractivity contribution in [3.05, 3.63) is 99.6 Å². The van der Waals surface area contributed by atoms with Crippen LogP contribution in [0.2, 0.25) is 0 Å². The molecular formula is C28H31N3O6. The second-order valence-corrected chi connectivity index (χ2v) is 8.43. The van der Waals surface area contributed by atoms with E-state index in [-0.39, 0.29) is 42.1 Å². The van der Waals surface area contributed by atoms with Gasteiger partial charge in [0.05, 0.1) is 25.2 Å². The fourth-order valence-corrected chi connectivity index (χ4v) is 3.99. The van der Waals surface area contributed by atoms with Crippen molar-refractivity contribution in [2.75, 3.05) is 27.3 Å². The topological polar surface area (TPSA) is 111 Å². The molecule has 0 saturated carbocycles. The number of hydrogen-bond donors (Lipinski definition) is 1. The highest BCUT2D eigenvalue weighted by Crippen LogP contribution is 2.28. The first-order chi connectivity index (χ1) is 17.8. The van der Waals surface area contributed by atoms with Gasteiger partial charge in [0.2, 0.25) is 5.91 Å². The minimum Gasteiger partial charge on any atom is -0.493 e. The molecular weight excluding hydrogens is 474 g/mol. The number of carbonyl (C=O) groups excluding carboxylic acids is 2. The van der Waals surface area contributed by atoms with Crippen LogP contribution in [-0.2, 0) is 11.2 Å². The number of methoxy groups -OCH3 is 2. The van der Waals surface area contributed by atoms with Crippen LogP contribution in [-0.4, -0.2) is 48.9 Å². The van der Waals surface area contributed by atoms with Gasteiger partial charge in [-0.1, -0.05) is 42.5 Å². The summed E-state index contributed by atoms with van der Waals surface area (Å²) < 4.78 is 10.6. The Bertz CT molecular complexity index is 1230. The number of rotatable bonds is 12. The van der Waals surface area contributed by atoms with Crippen LogP contribution in [0, 0.1) is 10.1 Å². The summed E-state index contributed by atoms with van der Waals surface area (Å²) in [6.45, 7) is 2.45. The molecule has 0 aromatic heterocycles. The van der Waals surface area contributed by atoms with Crippen molar-refractivity contribution in [2.45, 2.75) is 25.8 Å². The Balaban J connectivity index is 1.66. The van der Waals surface area contributed by atoms with Crippen LogP contribution in [0.4, 0.5) is 5.69 Å². The van der Waals surface area contributed by atoms with E-state index >= 15 is 0 Å². The molecule has 0 spiro atoms. The van der Waals surface area contributed by atoms with Crippen molar-refractivity contribution in [3.8, 4) is 11.5 Å². The average molecular weight is 506 g/mol. The Morgan fingerprint density at radius 1 is 0.973 bits per heavy atom. The first-order valence-electron chi connectivity index (χ1n) is 11.9. The zero-order chi connectivity index (χ0) is 26.8. The van der Waals surface area contributed by atoms with Gasteiger partial charge in [-0.25, -0.2) is 0 Å². The van der Waals surface area contributed by atoms with Crippen molar-refractivity contribution < 1.29 is 24.0 Å². The number of ether oxygens (including phenoxy) is 2. The molecule has 2 amide bonds. The monoisotopic (exact) mass is 505 g/mol. The highest BCUT2D eigenvalue weighted by molar-refractivity contribution is 5.95. The van der Waals surface area contributed by atoms with E-state index in [9.17, 15) is 19.7 Å². The molecule has 0 bridgehead atoms. The summed E-state index contributed by atoms with van der Waals surface area (Å²) in [5, 5.41) is 14.1. The summed E-state index contributed by atoms with van der Waals surface area (Å²) in [5.74, 6) is 0.684. The van der Waals surface area contributed by atoms with E-state index in [1.165, 1.54) is 18.2 Å². The number of nitro benzene ring substituents is 1. The lowest BCUT2D eigenvalue weighted by molar-refractivity contribution is -0.384. The highest BCUT2D eigenvalue weighted by Gasteiger charge is 2.24. The molecule has 0 aliphatic carbocycles. The lowest BCUT2D eigenvalue weighted by Crippen LogP contribution is -2.37. The van der Waals surface area contributed by atoms with Gasteiger partial charge in [0.15, 0.2) is 11.5 Å². The summed E-state index contributed by atoms with van der Waals surface area (Å²) in [7, 11) is 3.14. The van der Waals surface area contributed by atoms with E-state index in [0.29, 0.717) is 24.5 Å². The number of carbonyl (C=O) groups is 2. The van der Waals surface area contributed by atoms with E-state index in [0.717, 1.165) is 11.1 Å². The third-order valence-corrected chi connectivity index (χ3v) is 6.08. The molecule has 3 aromatic rings. The van der Waals surface area contributed by atoms with Crippen LogP contribution < -0.4 is 14.8 Å². The number of nitrogens with zero attached hydrogens (tertiary/aromatic N) is 2. The minimum absolute atomic E-state index is 0.0871. The summed E-state index contributed by atoms with van der Waals surface area (Å²) in [6, 6.07) is 20.3. The van der Waals surface area contributed by atoms with Crippen LogP contribution in [0.3, 0.4) is 0 Å². The fourth-order valence-electron chi connectivity index (χ4n) is 3.99. The smallest absolute Gasteiger partial charge is 0.270 e. The average Bonchev–Trinajstić information content (AvgIpc) is 2.93. The van der Waals surface area contributed by atoms with Crippen molar-refractivity contribution in [2.24, 2.45) is 0 Å². The lowest BCUT2D eigenvalue weighted by Gasteiger charge is -2.29. The molecule has 0 heterocycles. The summed E-state index contributed by atoms with van der Waals surface area (Å²) >= 11 is 0. The highest BCUT2D eigenvalue weighted by atomic mass is 16.6.